The Labute approximate surface area is 92.4 Å². The van der Waals surface area contributed by atoms with Crippen molar-refractivity contribution in [3.8, 4) is 0 Å². The van der Waals surface area contributed by atoms with Gasteiger partial charge in [-0.2, -0.15) is 12.7 Å². The van der Waals surface area contributed by atoms with Gasteiger partial charge in [0.1, 0.15) is 0 Å². The van der Waals surface area contributed by atoms with Crippen molar-refractivity contribution in [3.05, 3.63) is 0 Å². The molecule has 2 N–H and O–H groups in total. The van der Waals surface area contributed by atoms with E-state index in [1.165, 1.54) is 11.4 Å². The van der Waals surface area contributed by atoms with E-state index < -0.39 is 10.2 Å². The van der Waals surface area contributed by atoms with Gasteiger partial charge in [0, 0.05) is 26.2 Å². The molecule has 1 aliphatic heterocycles. The monoisotopic (exact) mass is 235 g/mol. The number of hydrogen-bond donors (Lipinski definition) is 2. The van der Waals surface area contributed by atoms with Gasteiger partial charge in [0.25, 0.3) is 10.2 Å². The Morgan fingerprint density at radius 3 is 2.60 bits per heavy atom. The minimum absolute atomic E-state index is 0.361. The molecule has 2 unspecified atom stereocenters. The summed E-state index contributed by atoms with van der Waals surface area (Å²) >= 11 is 0. The number of hydrogen-bond acceptors (Lipinski definition) is 3. The molecule has 90 valence electrons. The van der Waals surface area contributed by atoms with E-state index in [0.717, 1.165) is 12.8 Å². The molecule has 1 saturated heterocycles. The Hall–Kier alpha value is -0.170. The largest absolute Gasteiger partial charge is 0.317 e. The van der Waals surface area contributed by atoms with Gasteiger partial charge in [-0.05, 0) is 32.7 Å². The predicted molar refractivity (Wildman–Crippen MR) is 60.8 cm³/mol. The first-order valence-corrected chi connectivity index (χ1v) is 6.81. The van der Waals surface area contributed by atoms with Crippen molar-refractivity contribution >= 4 is 10.2 Å². The van der Waals surface area contributed by atoms with Crippen LogP contribution in [0, 0.1) is 5.92 Å². The first kappa shape index (κ1) is 12.9. The van der Waals surface area contributed by atoms with Crippen molar-refractivity contribution in [1.29, 1.82) is 0 Å². The number of nitrogens with one attached hydrogen (secondary N) is 2. The van der Waals surface area contributed by atoms with Crippen LogP contribution in [0.3, 0.4) is 0 Å². The second-order valence-corrected chi connectivity index (χ2v) is 5.92. The molecule has 2 atom stereocenters. The van der Waals surface area contributed by atoms with Crippen LogP contribution in [0.1, 0.15) is 19.8 Å². The van der Waals surface area contributed by atoms with Gasteiger partial charge in [-0.25, -0.2) is 4.72 Å². The Morgan fingerprint density at radius 2 is 2.07 bits per heavy atom. The van der Waals surface area contributed by atoms with Crippen molar-refractivity contribution in [3.63, 3.8) is 0 Å². The summed E-state index contributed by atoms with van der Waals surface area (Å²) < 4.78 is 27.1. The Bertz CT molecular complexity index is 292. The molecule has 1 aliphatic rings. The minimum Gasteiger partial charge on any atom is -0.317 e. The van der Waals surface area contributed by atoms with Crippen LogP contribution in [-0.2, 0) is 10.2 Å². The normalized spacial score (nSPS) is 26.5. The molecular weight excluding hydrogens is 214 g/mol. The fraction of sp³-hybridized carbons (Fsp3) is 1.00. The van der Waals surface area contributed by atoms with Crippen LogP contribution in [0.5, 0.6) is 0 Å². The summed E-state index contributed by atoms with van der Waals surface area (Å²) in [6.45, 7) is 3.35. The zero-order chi connectivity index (χ0) is 11.5. The molecule has 6 heteroatoms. The molecule has 0 amide bonds. The van der Waals surface area contributed by atoms with Gasteiger partial charge >= 0.3 is 0 Å². The van der Waals surface area contributed by atoms with Gasteiger partial charge in [0.2, 0.25) is 0 Å². The summed E-state index contributed by atoms with van der Waals surface area (Å²) in [4.78, 5) is 0. The highest BCUT2D eigenvalue weighted by Crippen LogP contribution is 2.21. The summed E-state index contributed by atoms with van der Waals surface area (Å²) in [6.07, 6.45) is 2.04. The molecule has 0 aromatic heterocycles. The van der Waals surface area contributed by atoms with Gasteiger partial charge in [-0.15, -0.1) is 0 Å². The fourth-order valence-corrected chi connectivity index (χ4v) is 2.98. The van der Waals surface area contributed by atoms with E-state index in [4.69, 9.17) is 0 Å². The lowest BCUT2D eigenvalue weighted by molar-refractivity contribution is 0.228. The van der Waals surface area contributed by atoms with Gasteiger partial charge in [0.05, 0.1) is 0 Å². The maximum absolute atomic E-state index is 11.6. The molecule has 0 radical (unpaired) electrons. The highest BCUT2D eigenvalue weighted by atomic mass is 32.2. The molecule has 0 spiro atoms. The highest BCUT2D eigenvalue weighted by Gasteiger charge is 2.29. The smallest absolute Gasteiger partial charge is 0.279 e. The zero-order valence-electron chi connectivity index (χ0n) is 9.66. The van der Waals surface area contributed by atoms with E-state index in [2.05, 4.69) is 17.0 Å². The van der Waals surface area contributed by atoms with Gasteiger partial charge in [0.15, 0.2) is 0 Å². The van der Waals surface area contributed by atoms with Crippen LogP contribution in [0.4, 0.5) is 0 Å². The Morgan fingerprint density at radius 1 is 1.40 bits per heavy atom. The lowest BCUT2D eigenvalue weighted by Gasteiger charge is -2.34. The molecule has 15 heavy (non-hydrogen) atoms. The maximum atomic E-state index is 11.6. The van der Waals surface area contributed by atoms with Gasteiger partial charge in [-0.1, -0.05) is 0 Å². The molecule has 0 bridgehead atoms. The topological polar surface area (TPSA) is 61.4 Å². The molecule has 5 nitrogen and oxygen atoms in total. The molecule has 1 rings (SSSR count). The van der Waals surface area contributed by atoms with Crippen LogP contribution in [0.2, 0.25) is 0 Å². The highest BCUT2D eigenvalue weighted by molar-refractivity contribution is 7.87. The van der Waals surface area contributed by atoms with E-state index in [0.29, 0.717) is 25.0 Å². The molecule has 0 aromatic carbocycles. The zero-order valence-corrected chi connectivity index (χ0v) is 10.5. The minimum atomic E-state index is -3.24. The van der Waals surface area contributed by atoms with Crippen molar-refractivity contribution < 1.29 is 8.42 Å². The van der Waals surface area contributed by atoms with Crippen molar-refractivity contribution in [1.82, 2.24) is 14.3 Å². The van der Waals surface area contributed by atoms with Crippen molar-refractivity contribution in [2.45, 2.75) is 25.8 Å². The van der Waals surface area contributed by atoms with E-state index in [1.54, 1.807) is 0 Å². The number of nitrogens with zero attached hydrogens (tertiary/aromatic N) is 1. The average molecular weight is 235 g/mol. The summed E-state index contributed by atoms with van der Waals surface area (Å²) in [5.41, 5.74) is 0. The fourth-order valence-electron chi connectivity index (χ4n) is 1.97. The molecule has 0 aromatic rings. The van der Waals surface area contributed by atoms with Gasteiger partial charge in [-0.3, -0.25) is 0 Å². The standard InChI is InChI=1S/C9H21N3O2S/c1-8(10-2)9-5-4-6-12(7-9)15(13,14)11-3/h8-11H,4-7H2,1-3H3. The quantitative estimate of drug-likeness (QED) is 0.707. The second kappa shape index (κ2) is 5.25. The van der Waals surface area contributed by atoms with Gasteiger partial charge < -0.3 is 5.32 Å². The van der Waals surface area contributed by atoms with E-state index in [-0.39, 0.29) is 0 Å². The molecule has 1 fully saturated rings. The SMILES string of the molecule is CNC(C)C1CCCN(S(=O)(=O)NC)C1. The Balaban J connectivity index is 2.64. The third-order valence-electron chi connectivity index (χ3n) is 3.18. The van der Waals surface area contributed by atoms with E-state index >= 15 is 0 Å². The van der Waals surface area contributed by atoms with Crippen molar-refractivity contribution in [2.24, 2.45) is 5.92 Å². The Kier molecular flexibility index (Phi) is 4.51. The van der Waals surface area contributed by atoms with E-state index in [1.807, 2.05) is 7.05 Å². The number of rotatable bonds is 4. The van der Waals surface area contributed by atoms with E-state index in [9.17, 15) is 8.42 Å². The summed E-state index contributed by atoms with van der Waals surface area (Å²) in [7, 11) is 0.131. The number of piperidine rings is 1. The van der Waals surface area contributed by atoms with Crippen LogP contribution < -0.4 is 10.0 Å². The third kappa shape index (κ3) is 3.14. The first-order chi connectivity index (χ1) is 7.01. The lowest BCUT2D eigenvalue weighted by atomic mass is 9.93. The molecule has 0 saturated carbocycles. The summed E-state index contributed by atoms with van der Waals surface area (Å²) in [6, 6.07) is 0.361. The first-order valence-electron chi connectivity index (χ1n) is 5.37. The van der Waals surface area contributed by atoms with Crippen molar-refractivity contribution in [2.75, 3.05) is 27.2 Å². The molecule has 0 aliphatic carbocycles. The average Bonchev–Trinajstić information content (AvgIpc) is 2.28. The van der Waals surface area contributed by atoms with Crippen LogP contribution in [-0.4, -0.2) is 45.9 Å². The lowest BCUT2D eigenvalue weighted by Crippen LogP contribution is -2.48. The summed E-state index contributed by atoms with van der Waals surface area (Å²) in [5.74, 6) is 0.409. The van der Waals surface area contributed by atoms with Crippen LogP contribution >= 0.6 is 0 Å². The van der Waals surface area contributed by atoms with Crippen LogP contribution in [0.25, 0.3) is 0 Å². The molecular formula is C9H21N3O2S. The maximum Gasteiger partial charge on any atom is 0.279 e. The second-order valence-electron chi connectivity index (χ2n) is 4.05. The summed E-state index contributed by atoms with van der Waals surface area (Å²) in [5, 5.41) is 3.18. The predicted octanol–water partition coefficient (Wildman–Crippen LogP) is -0.229. The third-order valence-corrected chi connectivity index (χ3v) is 4.71. The molecule has 1 heterocycles. The van der Waals surface area contributed by atoms with Crippen LogP contribution in [0.15, 0.2) is 0 Å².